The molecule has 0 amide bonds. The molecule has 0 radical (unpaired) electrons. The van der Waals surface area contributed by atoms with Crippen LogP contribution in [0.5, 0.6) is 0 Å². The summed E-state index contributed by atoms with van der Waals surface area (Å²) in [6, 6.07) is 24.0. The summed E-state index contributed by atoms with van der Waals surface area (Å²) >= 11 is 0. The summed E-state index contributed by atoms with van der Waals surface area (Å²) in [7, 11) is 0.988. The van der Waals surface area contributed by atoms with E-state index in [0.29, 0.717) is 0 Å². The van der Waals surface area contributed by atoms with E-state index in [2.05, 4.69) is 104 Å². The van der Waals surface area contributed by atoms with Crippen LogP contribution in [0.25, 0.3) is 0 Å². The van der Waals surface area contributed by atoms with Gasteiger partial charge in [0.15, 0.2) is 26.2 Å². The van der Waals surface area contributed by atoms with E-state index < -0.39 is 0 Å². The molecule has 1 aromatic heterocycles. The number of aromatic nitrogens is 1. The van der Waals surface area contributed by atoms with Crippen molar-refractivity contribution in [3.05, 3.63) is 90.3 Å². The van der Waals surface area contributed by atoms with Crippen LogP contribution in [0.2, 0.25) is 0 Å². The first-order valence-corrected chi connectivity index (χ1v) is 8.62. The maximum absolute atomic E-state index is 2.32. The molecule has 0 saturated carbocycles. The first kappa shape index (κ1) is 16.5. The van der Waals surface area contributed by atoms with E-state index in [1.165, 1.54) is 22.1 Å². The average molecular weight is 314 g/mol. The Balaban J connectivity index is 1.73. The molecule has 0 bridgehead atoms. The molecule has 24 heavy (non-hydrogen) atoms. The molecule has 0 unspecified atom stereocenters. The molecule has 3 aromatic rings. The summed E-state index contributed by atoms with van der Waals surface area (Å²) in [5.41, 5.74) is 5.64. The Bertz CT molecular complexity index is 786. The summed E-state index contributed by atoms with van der Waals surface area (Å²) in [4.78, 5) is 0. The summed E-state index contributed by atoms with van der Waals surface area (Å²) in [6.07, 6.45) is 4.37. The Labute approximate surface area is 146 Å². The number of hydrogen-bond acceptors (Lipinski definition) is 0. The molecular formula is C22H25BN+. The molecule has 0 aliphatic rings. The van der Waals surface area contributed by atoms with Gasteiger partial charge in [-0.2, -0.15) is 0 Å². The van der Waals surface area contributed by atoms with Crippen LogP contribution >= 0.6 is 0 Å². The number of pyridine rings is 1. The molecule has 3 rings (SSSR count). The summed E-state index contributed by atoms with van der Waals surface area (Å²) in [5.74, 6) is 0. The molecule has 2 heteroatoms. The van der Waals surface area contributed by atoms with E-state index >= 15 is 0 Å². The van der Waals surface area contributed by atoms with Gasteiger partial charge in [-0.15, -0.1) is 0 Å². The SMILES string of the molecule is CC(C)(C)c1cc[n+](Cc2cccc(Bc3ccccc3)c2)cc1. The van der Waals surface area contributed by atoms with Crippen LogP contribution in [0.4, 0.5) is 0 Å². The van der Waals surface area contributed by atoms with Gasteiger partial charge in [-0.3, -0.25) is 0 Å². The van der Waals surface area contributed by atoms with Crippen molar-refractivity contribution < 1.29 is 4.57 Å². The van der Waals surface area contributed by atoms with Crippen molar-refractivity contribution in [3.8, 4) is 0 Å². The molecule has 0 aliphatic carbocycles. The second kappa shape index (κ2) is 7.04. The van der Waals surface area contributed by atoms with Crippen LogP contribution in [0.15, 0.2) is 79.1 Å². The van der Waals surface area contributed by atoms with E-state index in [4.69, 9.17) is 0 Å². The van der Waals surface area contributed by atoms with Crippen LogP contribution in [-0.2, 0) is 12.0 Å². The highest BCUT2D eigenvalue weighted by atomic mass is 14.9. The zero-order valence-corrected chi connectivity index (χ0v) is 14.9. The van der Waals surface area contributed by atoms with Gasteiger partial charge in [-0.1, -0.05) is 86.3 Å². The van der Waals surface area contributed by atoms with Crippen molar-refractivity contribution in [1.29, 1.82) is 0 Å². The minimum Gasteiger partial charge on any atom is -0.201 e. The Morgan fingerprint density at radius 3 is 2.12 bits per heavy atom. The third-order valence-electron chi connectivity index (χ3n) is 4.36. The zero-order chi connectivity index (χ0) is 17.0. The Kier molecular flexibility index (Phi) is 4.85. The molecule has 0 fully saturated rings. The van der Waals surface area contributed by atoms with E-state index in [1.807, 2.05) is 0 Å². The van der Waals surface area contributed by atoms with Crippen LogP contribution in [0.1, 0.15) is 31.9 Å². The fourth-order valence-corrected chi connectivity index (χ4v) is 2.94. The van der Waals surface area contributed by atoms with Crippen molar-refractivity contribution >= 4 is 18.2 Å². The topological polar surface area (TPSA) is 3.88 Å². The van der Waals surface area contributed by atoms with Crippen LogP contribution < -0.4 is 15.5 Å². The Morgan fingerprint density at radius 1 is 0.792 bits per heavy atom. The highest BCUT2D eigenvalue weighted by Gasteiger charge is 2.15. The Hall–Kier alpha value is -2.35. The number of nitrogens with zero attached hydrogens (tertiary/aromatic N) is 1. The van der Waals surface area contributed by atoms with Crippen molar-refractivity contribution in [2.45, 2.75) is 32.7 Å². The minimum atomic E-state index is 0.203. The lowest BCUT2D eigenvalue weighted by molar-refractivity contribution is -0.688. The maximum Gasteiger partial charge on any atom is 0.192 e. The molecule has 0 spiro atoms. The standard InChI is InChI=1S/C22H25BN/c1-22(2,3)19-12-14-24(15-13-19)17-18-8-7-11-21(16-18)23-20-9-5-4-6-10-20/h4-16,23H,17H2,1-3H3/q+1. The second-order valence-electron chi connectivity index (χ2n) is 7.49. The predicted molar refractivity (Wildman–Crippen MR) is 104 cm³/mol. The van der Waals surface area contributed by atoms with Gasteiger partial charge in [0.05, 0.1) is 0 Å². The predicted octanol–water partition coefficient (Wildman–Crippen LogP) is 2.71. The first-order valence-electron chi connectivity index (χ1n) is 8.62. The summed E-state index contributed by atoms with van der Waals surface area (Å²) in [6.45, 7) is 7.66. The maximum atomic E-state index is 2.32. The van der Waals surface area contributed by atoms with Crippen molar-refractivity contribution in [1.82, 2.24) is 0 Å². The van der Waals surface area contributed by atoms with Gasteiger partial charge in [0.25, 0.3) is 0 Å². The van der Waals surface area contributed by atoms with Gasteiger partial charge in [-0.25, -0.2) is 4.57 Å². The van der Waals surface area contributed by atoms with Gasteiger partial charge in [0.1, 0.15) is 0 Å². The van der Waals surface area contributed by atoms with E-state index in [9.17, 15) is 0 Å². The first-order chi connectivity index (χ1) is 11.5. The monoisotopic (exact) mass is 314 g/mol. The molecular weight excluding hydrogens is 289 g/mol. The zero-order valence-electron chi connectivity index (χ0n) is 14.9. The highest BCUT2D eigenvalue weighted by Crippen LogP contribution is 2.20. The minimum absolute atomic E-state index is 0.203. The summed E-state index contributed by atoms with van der Waals surface area (Å²) in [5, 5.41) is 0. The molecule has 0 saturated heterocycles. The number of benzene rings is 2. The van der Waals surface area contributed by atoms with Gasteiger partial charge in [0.2, 0.25) is 0 Å². The fraction of sp³-hybridized carbons (Fsp3) is 0.227. The van der Waals surface area contributed by atoms with Gasteiger partial charge < -0.3 is 0 Å². The van der Waals surface area contributed by atoms with E-state index in [0.717, 1.165) is 13.8 Å². The van der Waals surface area contributed by atoms with Crippen LogP contribution in [0.3, 0.4) is 0 Å². The third-order valence-corrected chi connectivity index (χ3v) is 4.36. The van der Waals surface area contributed by atoms with Crippen molar-refractivity contribution in [2.75, 3.05) is 0 Å². The second-order valence-corrected chi connectivity index (χ2v) is 7.49. The van der Waals surface area contributed by atoms with Crippen molar-refractivity contribution in [2.24, 2.45) is 0 Å². The smallest absolute Gasteiger partial charge is 0.192 e. The summed E-state index contributed by atoms with van der Waals surface area (Å²) < 4.78 is 2.25. The highest BCUT2D eigenvalue weighted by molar-refractivity contribution is 6.67. The van der Waals surface area contributed by atoms with Crippen LogP contribution in [0, 0.1) is 0 Å². The largest absolute Gasteiger partial charge is 0.201 e. The molecule has 0 N–H and O–H groups in total. The van der Waals surface area contributed by atoms with E-state index in [-0.39, 0.29) is 5.41 Å². The Morgan fingerprint density at radius 2 is 1.46 bits per heavy atom. The van der Waals surface area contributed by atoms with Crippen LogP contribution in [-0.4, -0.2) is 7.28 Å². The lowest BCUT2D eigenvalue weighted by Gasteiger charge is -2.17. The quantitative estimate of drug-likeness (QED) is 0.515. The van der Waals surface area contributed by atoms with Gasteiger partial charge in [-0.05, 0) is 11.0 Å². The fourth-order valence-electron chi connectivity index (χ4n) is 2.94. The third kappa shape index (κ3) is 4.35. The number of rotatable bonds is 4. The molecule has 0 aliphatic heterocycles. The lowest BCUT2D eigenvalue weighted by atomic mass is 9.64. The normalized spacial score (nSPS) is 11.3. The van der Waals surface area contributed by atoms with Gasteiger partial charge in [0, 0.05) is 17.7 Å². The molecule has 1 nitrogen and oxygen atoms in total. The van der Waals surface area contributed by atoms with Gasteiger partial charge >= 0.3 is 0 Å². The number of hydrogen-bond donors (Lipinski definition) is 0. The average Bonchev–Trinajstić information content (AvgIpc) is 2.56. The van der Waals surface area contributed by atoms with E-state index in [1.54, 1.807) is 0 Å². The molecule has 1 heterocycles. The lowest BCUT2D eigenvalue weighted by Crippen LogP contribution is -2.35. The molecule has 120 valence electrons. The molecule has 2 aromatic carbocycles. The van der Waals surface area contributed by atoms with Crippen molar-refractivity contribution in [3.63, 3.8) is 0 Å². The molecule has 0 atom stereocenters.